The van der Waals surface area contributed by atoms with Gasteiger partial charge in [0.2, 0.25) is 0 Å². The molecule has 1 aliphatic rings. The molecule has 7 nitrogen and oxygen atoms in total. The Labute approximate surface area is 199 Å². The smallest absolute Gasteiger partial charge is 0.315 e. The summed E-state index contributed by atoms with van der Waals surface area (Å²) < 4.78 is 0. The van der Waals surface area contributed by atoms with E-state index in [2.05, 4.69) is 15.6 Å². The summed E-state index contributed by atoms with van der Waals surface area (Å²) in [5.41, 5.74) is 3.46. The molecule has 1 atom stereocenters. The number of rotatable bonds is 8. The second kappa shape index (κ2) is 10.9. The number of aromatic nitrogens is 1. The highest BCUT2D eigenvalue weighted by Crippen LogP contribution is 2.33. The van der Waals surface area contributed by atoms with Crippen LogP contribution in [0, 0.1) is 0 Å². The van der Waals surface area contributed by atoms with Gasteiger partial charge in [0.05, 0.1) is 12.6 Å². The lowest BCUT2D eigenvalue weighted by Crippen LogP contribution is -2.43. The quantitative estimate of drug-likeness (QED) is 0.368. The Morgan fingerprint density at radius 1 is 1.12 bits per heavy atom. The second-order valence-electron chi connectivity index (χ2n) is 8.63. The number of carbonyl (C=O) groups is 1. The molecule has 3 aromatic rings. The molecule has 0 bridgehead atoms. The third kappa shape index (κ3) is 5.61. The van der Waals surface area contributed by atoms with Crippen LogP contribution in [0.3, 0.4) is 0 Å². The van der Waals surface area contributed by atoms with Crippen LogP contribution in [0.4, 0.5) is 4.79 Å². The maximum absolute atomic E-state index is 12.8. The van der Waals surface area contributed by atoms with Crippen LogP contribution in [-0.4, -0.2) is 33.0 Å². The van der Waals surface area contributed by atoms with Gasteiger partial charge in [-0.25, -0.2) is 4.79 Å². The van der Waals surface area contributed by atoms with Gasteiger partial charge in [-0.05, 0) is 59.7 Å². The zero-order valence-corrected chi connectivity index (χ0v) is 18.9. The lowest BCUT2D eigenvalue weighted by molar-refractivity contribution is 0.233. The summed E-state index contributed by atoms with van der Waals surface area (Å²) in [4.78, 5) is 16.9. The van der Waals surface area contributed by atoms with Crippen LogP contribution in [0.1, 0.15) is 54.8 Å². The van der Waals surface area contributed by atoms with Crippen molar-refractivity contribution in [2.75, 3.05) is 0 Å². The van der Waals surface area contributed by atoms with E-state index in [0.717, 1.165) is 42.4 Å². The van der Waals surface area contributed by atoms with Gasteiger partial charge >= 0.3 is 6.03 Å². The lowest BCUT2D eigenvalue weighted by atomic mass is 9.92. The average Bonchev–Trinajstić information content (AvgIpc) is 3.37. The van der Waals surface area contributed by atoms with Gasteiger partial charge in [0.15, 0.2) is 0 Å². The van der Waals surface area contributed by atoms with Gasteiger partial charge in [0, 0.05) is 24.0 Å². The highest BCUT2D eigenvalue weighted by atomic mass is 16.3. The molecule has 0 aliphatic heterocycles. The van der Waals surface area contributed by atoms with E-state index in [-0.39, 0.29) is 36.6 Å². The number of nitrogens with zero attached hydrogens (tertiary/aromatic N) is 2. The van der Waals surface area contributed by atoms with E-state index in [9.17, 15) is 20.4 Å². The zero-order chi connectivity index (χ0) is 23.9. The molecule has 34 heavy (non-hydrogen) atoms. The number of hydrogen-bond donors (Lipinski definition) is 4. The molecule has 4 N–H and O–H groups in total. The first-order chi connectivity index (χ1) is 16.5. The number of aromatic hydroxyl groups is 1. The summed E-state index contributed by atoms with van der Waals surface area (Å²) in [6.45, 7) is -0.118. The Kier molecular flexibility index (Phi) is 7.54. The Morgan fingerprint density at radius 2 is 1.91 bits per heavy atom. The third-order valence-electron chi connectivity index (χ3n) is 6.29. The number of aliphatic hydroxyl groups excluding tert-OH is 1. The maximum Gasteiger partial charge on any atom is 0.315 e. The molecule has 0 radical (unpaired) electrons. The van der Waals surface area contributed by atoms with Crippen molar-refractivity contribution in [3.05, 3.63) is 89.1 Å². The molecule has 4 rings (SSSR count). The van der Waals surface area contributed by atoms with Crippen LogP contribution in [0.5, 0.6) is 5.75 Å². The molecular weight excluding hydrogens is 428 g/mol. The number of pyridine rings is 1. The van der Waals surface area contributed by atoms with Crippen LogP contribution < -0.4 is 10.6 Å². The summed E-state index contributed by atoms with van der Waals surface area (Å²) in [6.07, 6.45) is 7.33. The molecule has 1 aliphatic carbocycles. The van der Waals surface area contributed by atoms with Crippen LogP contribution in [0.25, 0.3) is 16.5 Å². The highest BCUT2D eigenvalue weighted by molar-refractivity contribution is 6.03. The first-order valence-electron chi connectivity index (χ1n) is 11.6. The third-order valence-corrected chi connectivity index (χ3v) is 6.29. The van der Waals surface area contributed by atoms with Crippen molar-refractivity contribution in [2.45, 2.75) is 50.8 Å². The van der Waals surface area contributed by atoms with Crippen molar-refractivity contribution < 1.29 is 15.0 Å². The fourth-order valence-electron chi connectivity index (χ4n) is 4.48. The molecular formula is C27H29N4O3-. The van der Waals surface area contributed by atoms with Gasteiger partial charge in [0.1, 0.15) is 5.75 Å². The fourth-order valence-corrected chi connectivity index (χ4v) is 4.48. The van der Waals surface area contributed by atoms with Gasteiger partial charge in [0.25, 0.3) is 0 Å². The van der Waals surface area contributed by atoms with Crippen molar-refractivity contribution >= 4 is 11.7 Å². The minimum atomic E-state index is -0.692. The van der Waals surface area contributed by atoms with Gasteiger partial charge in [-0.3, -0.25) is 4.98 Å². The van der Waals surface area contributed by atoms with E-state index in [4.69, 9.17) is 0 Å². The first kappa shape index (κ1) is 23.4. The maximum atomic E-state index is 12.8. The molecule has 0 spiro atoms. The normalized spacial score (nSPS) is 14.5. The zero-order valence-electron chi connectivity index (χ0n) is 18.9. The van der Waals surface area contributed by atoms with Crippen LogP contribution >= 0.6 is 0 Å². The fraction of sp³-hybridized carbons (Fsp3) is 0.296. The number of nitrogens with one attached hydrogen (secondary N) is 2. The molecule has 1 saturated carbocycles. The van der Waals surface area contributed by atoms with Crippen LogP contribution in [0.15, 0.2) is 67.0 Å². The molecule has 176 valence electrons. The monoisotopic (exact) mass is 457 g/mol. The molecule has 7 heteroatoms. The summed E-state index contributed by atoms with van der Waals surface area (Å²) in [5.74, 6) is 0.00961. The number of carbonyl (C=O) groups excluding carboxylic acids is 1. The summed E-state index contributed by atoms with van der Waals surface area (Å²) in [6, 6.07) is 15.2. The van der Waals surface area contributed by atoms with Crippen molar-refractivity contribution in [3.63, 3.8) is 0 Å². The van der Waals surface area contributed by atoms with Crippen LogP contribution in [0.2, 0.25) is 0 Å². The number of hydrogen-bond acceptors (Lipinski definition) is 4. The number of phenols is 1. The number of benzene rings is 2. The first-order valence-corrected chi connectivity index (χ1v) is 11.6. The summed E-state index contributed by atoms with van der Waals surface area (Å²) in [7, 11) is 0. The van der Waals surface area contributed by atoms with E-state index < -0.39 is 6.04 Å². The Morgan fingerprint density at radius 3 is 2.65 bits per heavy atom. The Bertz CT molecular complexity index is 1140. The van der Waals surface area contributed by atoms with Crippen LogP contribution in [-0.2, 0) is 6.61 Å². The molecule has 1 unspecified atom stereocenters. The molecule has 2 aromatic carbocycles. The molecule has 0 saturated heterocycles. The van der Waals surface area contributed by atoms with Crippen molar-refractivity contribution in [3.8, 4) is 16.9 Å². The largest absolute Gasteiger partial charge is 0.807 e. The van der Waals surface area contributed by atoms with E-state index >= 15 is 0 Å². The van der Waals surface area contributed by atoms with Gasteiger partial charge in [-0.1, -0.05) is 49.2 Å². The van der Waals surface area contributed by atoms with Gasteiger partial charge in [-0.15, -0.1) is 0 Å². The highest BCUT2D eigenvalue weighted by Gasteiger charge is 2.22. The minimum absolute atomic E-state index is 0.00961. The average molecular weight is 458 g/mol. The van der Waals surface area contributed by atoms with E-state index in [0.29, 0.717) is 11.1 Å². The summed E-state index contributed by atoms with van der Waals surface area (Å²) >= 11 is 0. The van der Waals surface area contributed by atoms with E-state index in [1.54, 1.807) is 42.7 Å². The van der Waals surface area contributed by atoms with Crippen molar-refractivity contribution in [1.29, 1.82) is 0 Å². The number of aliphatic hydroxyl groups is 1. The van der Waals surface area contributed by atoms with E-state index in [1.165, 1.54) is 0 Å². The van der Waals surface area contributed by atoms with E-state index in [1.807, 2.05) is 24.3 Å². The lowest BCUT2D eigenvalue weighted by Gasteiger charge is -2.26. The number of amides is 2. The minimum Gasteiger partial charge on any atom is -0.807 e. The number of urea groups is 1. The Balaban J connectivity index is 1.65. The number of phenolic OH excluding ortho intramolecular Hbond substituents is 1. The Hall–Kier alpha value is -3.71. The summed E-state index contributed by atoms with van der Waals surface area (Å²) in [5, 5.41) is 37.2. The topological polar surface area (TPSA) is 117 Å². The van der Waals surface area contributed by atoms with Gasteiger partial charge < -0.3 is 26.3 Å². The molecule has 1 fully saturated rings. The molecule has 1 aromatic heterocycles. The predicted octanol–water partition coefficient (Wildman–Crippen LogP) is 4.68. The second-order valence-corrected chi connectivity index (χ2v) is 8.63. The molecule has 1 heterocycles. The molecule has 2 amide bonds. The van der Waals surface area contributed by atoms with Crippen molar-refractivity contribution in [1.82, 2.24) is 15.6 Å². The standard InChI is InChI=1S/C27H29N4O3/c28-24(19-7-5-13-29-16-19)15-25(31-27(34)30-21-8-2-3-9-21)23-14-18(11-12-26(23)33)22-10-4-1-6-20(22)17-32/h1,4-7,10-14,16,21,25,32-33H,2-3,8-9,15,17H2,(H2,30,31,34)/q-1. The van der Waals surface area contributed by atoms with Gasteiger partial charge in [-0.2, -0.15) is 5.71 Å². The SMILES string of the molecule is [N-]=C(CC(NC(=O)NC1CCCC1)c1cc(-c2ccccc2CO)ccc1O)c1cccnc1. The van der Waals surface area contributed by atoms with Crippen molar-refractivity contribution in [2.24, 2.45) is 0 Å². The predicted molar refractivity (Wildman–Crippen MR) is 132 cm³/mol.